The standard InChI is InChI=1S/C8H6F3NO/c1-2-7-6(8(9,10)11)3-5(13)4-12-7/h2-4,13H,1H2. The molecule has 0 unspecified atom stereocenters. The zero-order valence-corrected chi connectivity index (χ0v) is 6.47. The number of aromatic hydroxyl groups is 1. The normalized spacial score (nSPS) is 11.3. The number of hydrogen-bond acceptors (Lipinski definition) is 2. The molecule has 0 spiro atoms. The van der Waals surface area contributed by atoms with Crippen LogP contribution in [0.25, 0.3) is 6.08 Å². The highest BCUT2D eigenvalue weighted by Crippen LogP contribution is 2.33. The molecular weight excluding hydrogens is 183 g/mol. The molecule has 0 radical (unpaired) electrons. The second-order valence-electron chi connectivity index (χ2n) is 2.33. The molecule has 13 heavy (non-hydrogen) atoms. The molecule has 1 aromatic rings. The Bertz CT molecular complexity index is 333. The number of pyridine rings is 1. The van der Waals surface area contributed by atoms with Crippen LogP contribution in [0, 0.1) is 0 Å². The summed E-state index contributed by atoms with van der Waals surface area (Å²) >= 11 is 0. The minimum absolute atomic E-state index is 0.287. The molecule has 5 heteroatoms. The lowest BCUT2D eigenvalue weighted by atomic mass is 10.2. The summed E-state index contributed by atoms with van der Waals surface area (Å²) in [6.45, 7) is 3.19. The summed E-state index contributed by atoms with van der Waals surface area (Å²) in [5, 5.41) is 8.80. The summed E-state index contributed by atoms with van der Waals surface area (Å²) < 4.78 is 36.6. The van der Waals surface area contributed by atoms with E-state index in [4.69, 9.17) is 5.11 Å². The van der Waals surface area contributed by atoms with E-state index in [2.05, 4.69) is 11.6 Å². The lowest BCUT2D eigenvalue weighted by Gasteiger charge is -2.08. The molecular formula is C8H6F3NO. The molecule has 1 N–H and O–H groups in total. The number of hydrogen-bond donors (Lipinski definition) is 1. The first kappa shape index (κ1) is 9.57. The number of alkyl halides is 3. The van der Waals surface area contributed by atoms with Gasteiger partial charge in [0.05, 0.1) is 17.5 Å². The first-order valence-corrected chi connectivity index (χ1v) is 3.34. The van der Waals surface area contributed by atoms with E-state index in [1.54, 1.807) is 0 Å². The van der Waals surface area contributed by atoms with Crippen molar-refractivity contribution in [1.82, 2.24) is 4.98 Å². The van der Waals surface area contributed by atoms with Crippen molar-refractivity contribution in [2.75, 3.05) is 0 Å². The summed E-state index contributed by atoms with van der Waals surface area (Å²) in [7, 11) is 0. The fraction of sp³-hybridized carbons (Fsp3) is 0.125. The molecule has 70 valence electrons. The van der Waals surface area contributed by atoms with E-state index >= 15 is 0 Å². The van der Waals surface area contributed by atoms with E-state index in [1.165, 1.54) is 0 Å². The highest BCUT2D eigenvalue weighted by atomic mass is 19.4. The van der Waals surface area contributed by atoms with Crippen LogP contribution < -0.4 is 0 Å². The van der Waals surface area contributed by atoms with Crippen LogP contribution in [0.3, 0.4) is 0 Å². The van der Waals surface area contributed by atoms with Crippen molar-refractivity contribution < 1.29 is 18.3 Å². The molecule has 0 saturated carbocycles. The molecule has 0 aliphatic rings. The van der Waals surface area contributed by atoms with Gasteiger partial charge in [0.25, 0.3) is 0 Å². The van der Waals surface area contributed by atoms with Gasteiger partial charge in [0.1, 0.15) is 5.75 Å². The van der Waals surface area contributed by atoms with Crippen molar-refractivity contribution in [3.63, 3.8) is 0 Å². The number of aromatic nitrogens is 1. The van der Waals surface area contributed by atoms with Gasteiger partial charge in [0.15, 0.2) is 0 Å². The first-order chi connectivity index (χ1) is 5.95. The maximum atomic E-state index is 12.2. The van der Waals surface area contributed by atoms with E-state index in [0.717, 1.165) is 12.3 Å². The third-order valence-electron chi connectivity index (χ3n) is 1.40. The zero-order valence-electron chi connectivity index (χ0n) is 6.47. The molecule has 0 bridgehead atoms. The van der Waals surface area contributed by atoms with Crippen molar-refractivity contribution >= 4 is 6.08 Å². The lowest BCUT2D eigenvalue weighted by Crippen LogP contribution is -2.08. The van der Waals surface area contributed by atoms with E-state index in [-0.39, 0.29) is 5.69 Å². The van der Waals surface area contributed by atoms with Crippen molar-refractivity contribution in [1.29, 1.82) is 0 Å². The monoisotopic (exact) mass is 189 g/mol. The van der Waals surface area contributed by atoms with Crippen LogP contribution in [-0.4, -0.2) is 10.1 Å². The average molecular weight is 189 g/mol. The minimum atomic E-state index is -4.52. The Balaban J connectivity index is 3.32. The molecule has 1 heterocycles. The summed E-state index contributed by atoms with van der Waals surface area (Å²) in [6.07, 6.45) is -2.59. The van der Waals surface area contributed by atoms with Crippen LogP contribution in [0.2, 0.25) is 0 Å². The molecule has 0 aromatic carbocycles. The molecule has 1 rings (SSSR count). The van der Waals surface area contributed by atoms with Crippen molar-refractivity contribution in [2.45, 2.75) is 6.18 Å². The van der Waals surface area contributed by atoms with Gasteiger partial charge in [-0.1, -0.05) is 6.58 Å². The Morgan fingerprint density at radius 1 is 1.46 bits per heavy atom. The third kappa shape index (κ3) is 1.99. The quantitative estimate of drug-likeness (QED) is 0.736. The number of halogens is 3. The fourth-order valence-corrected chi connectivity index (χ4v) is 0.854. The van der Waals surface area contributed by atoms with Gasteiger partial charge in [0.2, 0.25) is 0 Å². The third-order valence-corrected chi connectivity index (χ3v) is 1.40. The minimum Gasteiger partial charge on any atom is -0.506 e. The molecule has 0 atom stereocenters. The summed E-state index contributed by atoms with van der Waals surface area (Å²) in [5.41, 5.74) is -1.27. The molecule has 0 aliphatic carbocycles. The van der Waals surface area contributed by atoms with E-state index < -0.39 is 17.5 Å². The Morgan fingerprint density at radius 3 is 2.54 bits per heavy atom. The van der Waals surface area contributed by atoms with Crippen LogP contribution in [0.4, 0.5) is 13.2 Å². The predicted molar refractivity (Wildman–Crippen MR) is 41.0 cm³/mol. The van der Waals surface area contributed by atoms with Gasteiger partial charge in [-0.15, -0.1) is 0 Å². The average Bonchev–Trinajstić information content (AvgIpc) is 2.03. The number of rotatable bonds is 1. The van der Waals surface area contributed by atoms with Gasteiger partial charge in [-0.25, -0.2) is 0 Å². The highest BCUT2D eigenvalue weighted by Gasteiger charge is 2.33. The van der Waals surface area contributed by atoms with Crippen molar-refractivity contribution in [2.24, 2.45) is 0 Å². The molecule has 0 amide bonds. The van der Waals surface area contributed by atoms with Crippen LogP contribution in [0.1, 0.15) is 11.3 Å². The van der Waals surface area contributed by atoms with E-state index in [0.29, 0.717) is 6.07 Å². The topological polar surface area (TPSA) is 33.1 Å². The second kappa shape index (κ2) is 3.08. The van der Waals surface area contributed by atoms with Gasteiger partial charge < -0.3 is 5.11 Å². The molecule has 0 fully saturated rings. The Kier molecular flexibility index (Phi) is 2.27. The fourth-order valence-electron chi connectivity index (χ4n) is 0.854. The molecule has 0 saturated heterocycles. The SMILES string of the molecule is C=Cc1ncc(O)cc1C(F)(F)F. The van der Waals surface area contributed by atoms with Crippen LogP contribution in [-0.2, 0) is 6.18 Å². The van der Waals surface area contributed by atoms with Crippen LogP contribution in [0.15, 0.2) is 18.8 Å². The molecule has 0 aliphatic heterocycles. The van der Waals surface area contributed by atoms with Crippen molar-refractivity contribution in [3.05, 3.63) is 30.1 Å². The maximum Gasteiger partial charge on any atom is 0.418 e. The largest absolute Gasteiger partial charge is 0.506 e. The van der Waals surface area contributed by atoms with Crippen molar-refractivity contribution in [3.8, 4) is 5.75 Å². The van der Waals surface area contributed by atoms with E-state index in [1.807, 2.05) is 0 Å². The van der Waals surface area contributed by atoms with Crippen LogP contribution in [0.5, 0.6) is 5.75 Å². The van der Waals surface area contributed by atoms with Crippen LogP contribution >= 0.6 is 0 Å². The van der Waals surface area contributed by atoms with Gasteiger partial charge in [-0.05, 0) is 12.1 Å². The van der Waals surface area contributed by atoms with E-state index in [9.17, 15) is 13.2 Å². The Labute approximate surface area is 72.3 Å². The molecule has 2 nitrogen and oxygen atoms in total. The zero-order chi connectivity index (χ0) is 10.1. The Morgan fingerprint density at radius 2 is 2.08 bits per heavy atom. The second-order valence-corrected chi connectivity index (χ2v) is 2.33. The highest BCUT2D eigenvalue weighted by molar-refractivity contribution is 5.49. The smallest absolute Gasteiger partial charge is 0.418 e. The van der Waals surface area contributed by atoms with Gasteiger partial charge in [0, 0.05) is 0 Å². The van der Waals surface area contributed by atoms with Gasteiger partial charge in [-0.2, -0.15) is 13.2 Å². The lowest BCUT2D eigenvalue weighted by molar-refractivity contribution is -0.138. The summed E-state index contributed by atoms with van der Waals surface area (Å²) in [6, 6.07) is 0.615. The van der Waals surface area contributed by atoms with Gasteiger partial charge in [-0.3, -0.25) is 4.98 Å². The maximum absolute atomic E-state index is 12.2. The van der Waals surface area contributed by atoms with Gasteiger partial charge >= 0.3 is 6.18 Å². The molecule has 1 aromatic heterocycles. The summed E-state index contributed by atoms with van der Waals surface area (Å²) in [5.74, 6) is -0.516. The summed E-state index contributed by atoms with van der Waals surface area (Å²) in [4.78, 5) is 3.38. The Hall–Kier alpha value is -1.52. The first-order valence-electron chi connectivity index (χ1n) is 3.34. The predicted octanol–water partition coefficient (Wildman–Crippen LogP) is 2.45. The number of nitrogens with zero attached hydrogens (tertiary/aromatic N) is 1.